The summed E-state index contributed by atoms with van der Waals surface area (Å²) in [4.78, 5) is 0. The predicted molar refractivity (Wildman–Crippen MR) is 88.5 cm³/mol. The molecule has 1 aliphatic rings. The van der Waals surface area contributed by atoms with Gasteiger partial charge in [-0.15, -0.1) is 0 Å². The van der Waals surface area contributed by atoms with Crippen molar-refractivity contribution in [3.05, 3.63) is 54.6 Å². The van der Waals surface area contributed by atoms with Crippen molar-refractivity contribution >= 4 is 5.69 Å². The number of nitrogens with one attached hydrogen (secondary N) is 1. The minimum atomic E-state index is 0.342. The molecule has 1 heterocycles. The summed E-state index contributed by atoms with van der Waals surface area (Å²) >= 11 is 0. The molecule has 2 atom stereocenters. The Labute approximate surface area is 127 Å². The third-order valence-corrected chi connectivity index (χ3v) is 4.06. The highest BCUT2D eigenvalue weighted by Gasteiger charge is 2.24. The molecule has 2 nitrogen and oxygen atoms in total. The van der Waals surface area contributed by atoms with Gasteiger partial charge in [-0.3, -0.25) is 0 Å². The van der Waals surface area contributed by atoms with Crippen molar-refractivity contribution < 1.29 is 4.74 Å². The first kappa shape index (κ1) is 14.2. The maximum Gasteiger partial charge on any atom is 0.0570 e. The van der Waals surface area contributed by atoms with Crippen LogP contribution >= 0.6 is 0 Å². The summed E-state index contributed by atoms with van der Waals surface area (Å²) in [6.45, 7) is 4.31. The first-order chi connectivity index (χ1) is 10.2. The molecule has 0 bridgehead atoms. The number of rotatable bonds is 3. The molecule has 0 radical (unpaired) electrons. The van der Waals surface area contributed by atoms with Gasteiger partial charge in [-0.1, -0.05) is 42.5 Å². The number of benzene rings is 2. The fourth-order valence-corrected chi connectivity index (χ4v) is 3.15. The average Bonchev–Trinajstić information content (AvgIpc) is 2.48. The molecule has 0 saturated carbocycles. The van der Waals surface area contributed by atoms with Crippen molar-refractivity contribution in [1.82, 2.24) is 0 Å². The molecular formula is C19H23NO. The van der Waals surface area contributed by atoms with Gasteiger partial charge in [0.25, 0.3) is 0 Å². The maximum absolute atomic E-state index is 5.79. The van der Waals surface area contributed by atoms with Gasteiger partial charge in [0.05, 0.1) is 12.2 Å². The minimum Gasteiger partial charge on any atom is -0.382 e. The molecule has 21 heavy (non-hydrogen) atoms. The first-order valence-corrected chi connectivity index (χ1v) is 7.78. The van der Waals surface area contributed by atoms with E-state index in [1.807, 2.05) is 6.07 Å². The van der Waals surface area contributed by atoms with E-state index in [1.165, 1.54) is 16.8 Å². The van der Waals surface area contributed by atoms with Gasteiger partial charge < -0.3 is 10.1 Å². The Balaban J connectivity index is 1.67. The molecular weight excluding hydrogens is 258 g/mol. The third-order valence-electron chi connectivity index (χ3n) is 4.06. The molecule has 0 amide bonds. The lowest BCUT2D eigenvalue weighted by Crippen LogP contribution is -2.36. The van der Waals surface area contributed by atoms with Gasteiger partial charge in [-0.05, 0) is 49.9 Å². The Morgan fingerprint density at radius 3 is 2.00 bits per heavy atom. The van der Waals surface area contributed by atoms with Crippen LogP contribution in [0.25, 0.3) is 11.1 Å². The second kappa shape index (κ2) is 6.31. The summed E-state index contributed by atoms with van der Waals surface area (Å²) in [5.74, 6) is 0. The predicted octanol–water partition coefficient (Wildman–Crippen LogP) is 4.72. The Hall–Kier alpha value is -1.80. The van der Waals surface area contributed by atoms with E-state index < -0.39 is 0 Å². The SMILES string of the molecule is CC1CC(Nc2ccc(-c3ccccc3)cc2)CC(C)O1. The number of hydrogen-bond acceptors (Lipinski definition) is 2. The van der Waals surface area contributed by atoms with Crippen molar-refractivity contribution in [3.63, 3.8) is 0 Å². The van der Waals surface area contributed by atoms with E-state index in [9.17, 15) is 0 Å². The van der Waals surface area contributed by atoms with Crippen LogP contribution in [-0.2, 0) is 4.74 Å². The van der Waals surface area contributed by atoms with E-state index in [0.717, 1.165) is 12.8 Å². The molecule has 0 spiro atoms. The van der Waals surface area contributed by atoms with Crippen molar-refractivity contribution in [1.29, 1.82) is 0 Å². The zero-order chi connectivity index (χ0) is 14.7. The van der Waals surface area contributed by atoms with Crippen LogP contribution in [0.4, 0.5) is 5.69 Å². The van der Waals surface area contributed by atoms with Crippen LogP contribution in [0.5, 0.6) is 0 Å². The lowest BCUT2D eigenvalue weighted by Gasteiger charge is -2.33. The Morgan fingerprint density at radius 2 is 1.38 bits per heavy atom. The second-order valence-corrected chi connectivity index (χ2v) is 6.01. The zero-order valence-electron chi connectivity index (χ0n) is 12.8. The van der Waals surface area contributed by atoms with E-state index in [0.29, 0.717) is 18.2 Å². The molecule has 2 aromatic rings. The summed E-state index contributed by atoms with van der Waals surface area (Å²) in [6.07, 6.45) is 2.83. The van der Waals surface area contributed by atoms with Crippen LogP contribution < -0.4 is 5.32 Å². The summed E-state index contributed by atoms with van der Waals surface area (Å²) in [5.41, 5.74) is 3.72. The Kier molecular flexibility index (Phi) is 4.26. The molecule has 2 unspecified atom stereocenters. The normalized spacial score (nSPS) is 25.5. The highest BCUT2D eigenvalue weighted by molar-refractivity contribution is 5.65. The molecule has 1 saturated heterocycles. The highest BCUT2D eigenvalue weighted by atomic mass is 16.5. The van der Waals surface area contributed by atoms with Crippen molar-refractivity contribution in [2.24, 2.45) is 0 Å². The maximum atomic E-state index is 5.79. The highest BCUT2D eigenvalue weighted by Crippen LogP contribution is 2.25. The molecule has 0 aromatic heterocycles. The quantitative estimate of drug-likeness (QED) is 0.878. The lowest BCUT2D eigenvalue weighted by molar-refractivity contribution is -0.0337. The van der Waals surface area contributed by atoms with E-state index in [1.54, 1.807) is 0 Å². The Bertz CT molecular complexity index is 554. The zero-order valence-corrected chi connectivity index (χ0v) is 12.8. The van der Waals surface area contributed by atoms with Crippen LogP contribution in [0.1, 0.15) is 26.7 Å². The lowest BCUT2D eigenvalue weighted by atomic mass is 9.99. The topological polar surface area (TPSA) is 21.3 Å². The van der Waals surface area contributed by atoms with E-state index >= 15 is 0 Å². The molecule has 0 aliphatic carbocycles. The van der Waals surface area contributed by atoms with Crippen LogP contribution in [0, 0.1) is 0 Å². The van der Waals surface area contributed by atoms with Crippen LogP contribution in [0.3, 0.4) is 0 Å². The van der Waals surface area contributed by atoms with Gasteiger partial charge in [0.15, 0.2) is 0 Å². The number of hydrogen-bond donors (Lipinski definition) is 1. The van der Waals surface area contributed by atoms with Crippen LogP contribution in [0.2, 0.25) is 0 Å². The first-order valence-electron chi connectivity index (χ1n) is 7.78. The number of ether oxygens (including phenoxy) is 1. The molecule has 1 aliphatic heterocycles. The molecule has 2 heteroatoms. The standard InChI is InChI=1S/C19H23NO/c1-14-12-19(13-15(2)21-14)20-18-10-8-17(9-11-18)16-6-4-3-5-7-16/h3-11,14-15,19-20H,12-13H2,1-2H3. The van der Waals surface area contributed by atoms with Crippen molar-refractivity contribution in [3.8, 4) is 11.1 Å². The van der Waals surface area contributed by atoms with Crippen molar-refractivity contribution in [2.75, 3.05) is 5.32 Å². The van der Waals surface area contributed by atoms with Crippen molar-refractivity contribution in [2.45, 2.75) is 44.9 Å². The fourth-order valence-electron chi connectivity index (χ4n) is 3.15. The van der Waals surface area contributed by atoms with Crippen LogP contribution in [0.15, 0.2) is 54.6 Å². The smallest absolute Gasteiger partial charge is 0.0570 e. The van der Waals surface area contributed by atoms with Gasteiger partial charge in [0.1, 0.15) is 0 Å². The largest absolute Gasteiger partial charge is 0.382 e. The van der Waals surface area contributed by atoms with Gasteiger partial charge in [-0.2, -0.15) is 0 Å². The summed E-state index contributed by atoms with van der Waals surface area (Å²) in [7, 11) is 0. The average molecular weight is 281 g/mol. The molecule has 2 aromatic carbocycles. The van der Waals surface area contributed by atoms with E-state index in [2.05, 4.69) is 67.7 Å². The third kappa shape index (κ3) is 3.64. The molecule has 110 valence electrons. The van der Waals surface area contributed by atoms with Gasteiger partial charge in [0.2, 0.25) is 0 Å². The van der Waals surface area contributed by atoms with Crippen LogP contribution in [-0.4, -0.2) is 18.2 Å². The molecule has 3 rings (SSSR count). The van der Waals surface area contributed by atoms with Gasteiger partial charge >= 0.3 is 0 Å². The fraction of sp³-hybridized carbons (Fsp3) is 0.368. The summed E-state index contributed by atoms with van der Waals surface area (Å²) < 4.78 is 5.79. The van der Waals surface area contributed by atoms with E-state index in [4.69, 9.17) is 4.74 Å². The second-order valence-electron chi connectivity index (χ2n) is 6.01. The summed E-state index contributed by atoms with van der Waals surface area (Å²) in [6, 6.07) is 19.7. The van der Waals surface area contributed by atoms with Gasteiger partial charge in [0, 0.05) is 11.7 Å². The molecule has 1 N–H and O–H groups in total. The summed E-state index contributed by atoms with van der Waals surface area (Å²) in [5, 5.41) is 3.64. The minimum absolute atomic E-state index is 0.342. The van der Waals surface area contributed by atoms with Gasteiger partial charge in [-0.25, -0.2) is 0 Å². The molecule has 1 fully saturated rings. The number of anilines is 1. The van der Waals surface area contributed by atoms with E-state index in [-0.39, 0.29) is 0 Å². The Morgan fingerprint density at radius 1 is 0.810 bits per heavy atom. The monoisotopic (exact) mass is 281 g/mol.